The first-order chi connectivity index (χ1) is 25.1. The summed E-state index contributed by atoms with van der Waals surface area (Å²) in [5.74, 6) is -2.49. The van der Waals surface area contributed by atoms with E-state index in [0.717, 1.165) is 12.1 Å². The van der Waals surface area contributed by atoms with Crippen LogP contribution < -0.4 is 9.47 Å². The third-order valence-electron chi connectivity index (χ3n) is 9.37. The molecule has 0 aromatic heterocycles. The van der Waals surface area contributed by atoms with Crippen molar-refractivity contribution in [1.29, 1.82) is 0 Å². The molecule has 0 saturated carbocycles. The molecule has 20 nitrogen and oxygen atoms in total. The van der Waals surface area contributed by atoms with E-state index in [9.17, 15) is 61.3 Å². The van der Waals surface area contributed by atoms with Crippen LogP contribution in [0.2, 0.25) is 0 Å². The Labute approximate surface area is 300 Å². The highest BCUT2D eigenvalue weighted by Gasteiger charge is 2.52. The smallest absolute Gasteiger partial charge is 0.229 e. The topological polar surface area (TPSA) is 317 Å². The normalized spacial score (nSPS) is 38.7. The van der Waals surface area contributed by atoms with Gasteiger partial charge in [-0.15, -0.1) is 0 Å². The Morgan fingerprint density at radius 2 is 1.45 bits per heavy atom. The zero-order chi connectivity index (χ0) is 38.5. The molecule has 3 fully saturated rings. The first-order valence-corrected chi connectivity index (χ1v) is 16.4. The summed E-state index contributed by atoms with van der Waals surface area (Å²) < 4.78 is 45.7. The van der Waals surface area contributed by atoms with Gasteiger partial charge in [0.05, 0.1) is 32.0 Å². The van der Waals surface area contributed by atoms with Crippen molar-refractivity contribution in [2.45, 2.75) is 99.0 Å². The van der Waals surface area contributed by atoms with E-state index in [2.05, 4.69) is 0 Å². The molecule has 53 heavy (non-hydrogen) atoms. The average Bonchev–Trinajstić information content (AvgIpc) is 3.12. The van der Waals surface area contributed by atoms with E-state index in [0.29, 0.717) is 0 Å². The van der Waals surface area contributed by atoms with E-state index in [-0.39, 0.29) is 34.1 Å². The number of fused-ring (bicyclic) bond motifs is 1. The number of aliphatic hydroxyl groups excluding tert-OH is 8. The molecule has 20 heteroatoms. The molecule has 6 rings (SSSR count). The molecule has 12 N–H and O–H groups in total. The van der Waals surface area contributed by atoms with Gasteiger partial charge in [-0.05, 0) is 25.1 Å². The molecule has 4 heterocycles. The lowest BCUT2D eigenvalue weighted by molar-refractivity contribution is -0.359. The Balaban J connectivity index is 1.35. The van der Waals surface area contributed by atoms with Crippen molar-refractivity contribution in [1.82, 2.24) is 0 Å². The quantitative estimate of drug-likeness (QED) is 0.114. The van der Waals surface area contributed by atoms with Gasteiger partial charge in [0.2, 0.25) is 12.0 Å². The molecule has 3 saturated heterocycles. The molecule has 0 spiro atoms. The number of aromatic hydroxyl groups is 4. The third-order valence-corrected chi connectivity index (χ3v) is 9.37. The molecule has 0 aliphatic carbocycles. The van der Waals surface area contributed by atoms with Crippen LogP contribution in [0.4, 0.5) is 0 Å². The van der Waals surface area contributed by atoms with Crippen molar-refractivity contribution in [3.63, 3.8) is 0 Å². The molecule has 2 aromatic carbocycles. The molecular formula is C33H42O20. The fourth-order valence-corrected chi connectivity index (χ4v) is 6.30. The molecule has 0 amide bonds. The highest BCUT2D eigenvalue weighted by molar-refractivity contribution is 5.70. The molecule has 0 radical (unpaired) electrons. The summed E-state index contributed by atoms with van der Waals surface area (Å²) in [5.41, 5.74) is 0.0891. The second-order valence-electron chi connectivity index (χ2n) is 13.0. The van der Waals surface area contributed by atoms with Crippen LogP contribution in [0.5, 0.6) is 34.5 Å². The van der Waals surface area contributed by atoms with Crippen LogP contribution in [0.3, 0.4) is 0 Å². The maximum absolute atomic E-state index is 11.4. The van der Waals surface area contributed by atoms with E-state index >= 15 is 0 Å². The maximum atomic E-state index is 11.4. The zero-order valence-corrected chi connectivity index (χ0v) is 28.1. The van der Waals surface area contributed by atoms with Gasteiger partial charge >= 0.3 is 0 Å². The Hall–Kier alpha value is -3.74. The Bertz CT molecular complexity index is 1640. The summed E-state index contributed by atoms with van der Waals surface area (Å²) in [6, 6.07) is 4.60. The van der Waals surface area contributed by atoms with Crippen LogP contribution in [0.25, 0.3) is 6.08 Å². The fraction of sp³-hybridized carbons (Fsp3) is 0.576. The zero-order valence-electron chi connectivity index (χ0n) is 28.1. The van der Waals surface area contributed by atoms with Crippen molar-refractivity contribution in [3.8, 4) is 34.5 Å². The summed E-state index contributed by atoms with van der Waals surface area (Å²) in [5, 5.41) is 126. The number of rotatable bonds is 9. The summed E-state index contributed by atoms with van der Waals surface area (Å²) in [4.78, 5) is 0. The number of hydrogen-bond acceptors (Lipinski definition) is 20. The number of ether oxygens (including phenoxy) is 8. The summed E-state index contributed by atoms with van der Waals surface area (Å²) >= 11 is 0. The first kappa shape index (κ1) is 39.0. The monoisotopic (exact) mass is 758 g/mol. The van der Waals surface area contributed by atoms with Crippen molar-refractivity contribution < 1.29 is 99.2 Å². The summed E-state index contributed by atoms with van der Waals surface area (Å²) in [7, 11) is 1.23. The second-order valence-corrected chi connectivity index (χ2v) is 13.0. The third kappa shape index (κ3) is 7.64. The van der Waals surface area contributed by atoms with Gasteiger partial charge in [0.25, 0.3) is 0 Å². The molecule has 0 bridgehead atoms. The number of phenolic OH excluding ortho intramolecular Hbond substituents is 4. The van der Waals surface area contributed by atoms with E-state index in [1.807, 2.05) is 0 Å². The lowest BCUT2D eigenvalue weighted by atomic mass is 9.97. The predicted octanol–water partition coefficient (Wildman–Crippen LogP) is -2.88. The van der Waals surface area contributed by atoms with Gasteiger partial charge in [-0.3, -0.25) is 0 Å². The fourth-order valence-electron chi connectivity index (χ4n) is 6.30. The minimum Gasteiger partial charge on any atom is -0.508 e. The number of benzene rings is 2. The van der Waals surface area contributed by atoms with Crippen LogP contribution >= 0.6 is 0 Å². The molecule has 4 aliphatic heterocycles. The van der Waals surface area contributed by atoms with Crippen LogP contribution in [-0.4, -0.2) is 168 Å². The molecule has 15 unspecified atom stereocenters. The van der Waals surface area contributed by atoms with Crippen LogP contribution in [-0.2, 0) is 28.4 Å². The van der Waals surface area contributed by atoms with Crippen LogP contribution in [0, 0.1) is 0 Å². The minimum absolute atomic E-state index is 0.000736. The van der Waals surface area contributed by atoms with Crippen LogP contribution in [0.1, 0.15) is 24.2 Å². The van der Waals surface area contributed by atoms with Crippen molar-refractivity contribution in [2.24, 2.45) is 0 Å². The van der Waals surface area contributed by atoms with Gasteiger partial charge in [0.1, 0.15) is 77.9 Å². The largest absolute Gasteiger partial charge is 0.508 e. The molecule has 294 valence electrons. The van der Waals surface area contributed by atoms with Crippen molar-refractivity contribution >= 4 is 6.08 Å². The molecule has 15 atom stereocenters. The standard InChI is InChI=1S/C33H42O20/c1-10-21(38)25(42)28(45)31(49-10)48-9-20-24(41)26(43)30(53-32-27(44)23(40)16(37)8-47-32)33(52-20)51-19-7-13-14(35)5-12(34)6-17(13)50-29(19)11-3-15(36)22(39)18(4-11)46-2/h3-7,10,16,20-21,23-45H,8-9H2,1-2H3. The minimum atomic E-state index is -1.94. The molecular weight excluding hydrogens is 716 g/mol. The van der Waals surface area contributed by atoms with Crippen LogP contribution in [0.15, 0.2) is 30.0 Å². The van der Waals surface area contributed by atoms with Gasteiger partial charge in [-0.2, -0.15) is 0 Å². The van der Waals surface area contributed by atoms with Crippen molar-refractivity contribution in [2.75, 3.05) is 20.3 Å². The number of methoxy groups -OCH3 is 1. The number of hydrogen-bond donors (Lipinski definition) is 12. The van der Waals surface area contributed by atoms with Gasteiger partial charge in [0.15, 0.2) is 36.3 Å². The Kier molecular flexibility index (Phi) is 11.4. The van der Waals surface area contributed by atoms with Gasteiger partial charge in [-0.25, -0.2) is 0 Å². The lowest BCUT2D eigenvalue weighted by Crippen LogP contribution is -2.63. The number of aliphatic hydroxyl groups is 8. The first-order valence-electron chi connectivity index (χ1n) is 16.4. The van der Waals surface area contributed by atoms with E-state index < -0.39 is 123 Å². The summed E-state index contributed by atoms with van der Waals surface area (Å²) in [6.45, 7) is 0.308. The Morgan fingerprint density at radius 1 is 0.736 bits per heavy atom. The predicted molar refractivity (Wildman–Crippen MR) is 170 cm³/mol. The SMILES string of the molecule is COc1cc(C2Oc3cc(O)cc(O)c3C=C2OC2OC(COC3OC(C)C(O)C(O)C3O)C(O)C(O)C2OC2OCC(O)C(O)C2O)cc(O)c1O. The van der Waals surface area contributed by atoms with E-state index in [4.69, 9.17) is 37.9 Å². The molecule has 4 aliphatic rings. The van der Waals surface area contributed by atoms with E-state index in [1.165, 1.54) is 32.2 Å². The van der Waals surface area contributed by atoms with Gasteiger partial charge in [0, 0.05) is 17.7 Å². The lowest BCUT2D eigenvalue weighted by Gasteiger charge is -2.46. The highest BCUT2D eigenvalue weighted by atomic mass is 16.8. The van der Waals surface area contributed by atoms with E-state index in [1.54, 1.807) is 0 Å². The maximum Gasteiger partial charge on any atom is 0.229 e. The highest BCUT2D eigenvalue weighted by Crippen LogP contribution is 2.47. The number of phenols is 4. The second kappa shape index (κ2) is 15.5. The van der Waals surface area contributed by atoms with Gasteiger partial charge in [-0.1, -0.05) is 0 Å². The Morgan fingerprint density at radius 3 is 2.17 bits per heavy atom. The van der Waals surface area contributed by atoms with Crippen molar-refractivity contribution in [3.05, 3.63) is 41.2 Å². The summed E-state index contributed by atoms with van der Waals surface area (Å²) in [6.07, 6.45) is -23.0. The average molecular weight is 759 g/mol. The molecule has 2 aromatic rings. The van der Waals surface area contributed by atoms with Gasteiger partial charge < -0.3 is 99.2 Å².